The molecule has 2 N–H and O–H groups in total. The topological polar surface area (TPSA) is 55.6 Å². The molecule has 1 saturated heterocycles. The SMILES string of the molecule is CC(N)C1CCN(C(=O)c2ccccc2OCc2ccc(Cl)cc2)CC1. The van der Waals surface area contributed by atoms with Gasteiger partial charge in [-0.25, -0.2) is 0 Å². The van der Waals surface area contributed by atoms with Gasteiger partial charge in [-0.15, -0.1) is 0 Å². The lowest BCUT2D eigenvalue weighted by molar-refractivity contribution is 0.0676. The third-order valence-electron chi connectivity index (χ3n) is 5.00. The Kier molecular flexibility index (Phi) is 6.17. The van der Waals surface area contributed by atoms with Crippen molar-refractivity contribution >= 4 is 17.5 Å². The number of nitrogens with two attached hydrogens (primary N) is 1. The first-order valence-electron chi connectivity index (χ1n) is 9.05. The summed E-state index contributed by atoms with van der Waals surface area (Å²) in [5.41, 5.74) is 7.62. The maximum absolute atomic E-state index is 13.0. The number of para-hydroxylation sites is 1. The number of hydrogen-bond acceptors (Lipinski definition) is 3. The van der Waals surface area contributed by atoms with Gasteiger partial charge in [0.1, 0.15) is 12.4 Å². The molecule has 1 fully saturated rings. The van der Waals surface area contributed by atoms with Crippen LogP contribution in [0.15, 0.2) is 48.5 Å². The highest BCUT2D eigenvalue weighted by Gasteiger charge is 2.26. The molecule has 0 aliphatic carbocycles. The lowest BCUT2D eigenvalue weighted by Crippen LogP contribution is -2.42. The number of hydrogen-bond donors (Lipinski definition) is 1. The van der Waals surface area contributed by atoms with Crippen LogP contribution in [0.1, 0.15) is 35.7 Å². The summed E-state index contributed by atoms with van der Waals surface area (Å²) in [4.78, 5) is 14.9. The molecule has 26 heavy (non-hydrogen) atoms. The van der Waals surface area contributed by atoms with Crippen LogP contribution in [0.2, 0.25) is 5.02 Å². The van der Waals surface area contributed by atoms with Crippen molar-refractivity contribution in [2.24, 2.45) is 11.7 Å². The van der Waals surface area contributed by atoms with Gasteiger partial charge in [0.05, 0.1) is 5.56 Å². The van der Waals surface area contributed by atoms with Gasteiger partial charge in [0.15, 0.2) is 0 Å². The van der Waals surface area contributed by atoms with Gasteiger partial charge in [0, 0.05) is 24.2 Å². The van der Waals surface area contributed by atoms with Crippen LogP contribution in [-0.4, -0.2) is 29.9 Å². The zero-order valence-electron chi connectivity index (χ0n) is 15.0. The predicted molar refractivity (Wildman–Crippen MR) is 105 cm³/mol. The highest BCUT2D eigenvalue weighted by atomic mass is 35.5. The molecule has 0 bridgehead atoms. The zero-order chi connectivity index (χ0) is 18.5. The number of likely N-dealkylation sites (tertiary alicyclic amines) is 1. The van der Waals surface area contributed by atoms with E-state index >= 15 is 0 Å². The van der Waals surface area contributed by atoms with Gasteiger partial charge < -0.3 is 15.4 Å². The number of benzene rings is 2. The fourth-order valence-electron chi connectivity index (χ4n) is 3.31. The zero-order valence-corrected chi connectivity index (χ0v) is 15.8. The minimum Gasteiger partial charge on any atom is -0.488 e. The van der Waals surface area contributed by atoms with Crippen LogP contribution in [0.3, 0.4) is 0 Å². The van der Waals surface area contributed by atoms with Crippen LogP contribution in [-0.2, 0) is 6.61 Å². The van der Waals surface area contributed by atoms with Gasteiger partial charge >= 0.3 is 0 Å². The highest BCUT2D eigenvalue weighted by Crippen LogP contribution is 2.25. The summed E-state index contributed by atoms with van der Waals surface area (Å²) in [6.07, 6.45) is 1.91. The number of halogens is 1. The Morgan fingerprint density at radius 2 is 1.85 bits per heavy atom. The Morgan fingerprint density at radius 1 is 1.19 bits per heavy atom. The van der Waals surface area contributed by atoms with Crippen molar-refractivity contribution < 1.29 is 9.53 Å². The largest absolute Gasteiger partial charge is 0.488 e. The normalized spacial score (nSPS) is 16.3. The lowest BCUT2D eigenvalue weighted by atomic mass is 9.90. The molecule has 0 spiro atoms. The smallest absolute Gasteiger partial charge is 0.257 e. The lowest BCUT2D eigenvalue weighted by Gasteiger charge is -2.34. The maximum atomic E-state index is 13.0. The van der Waals surface area contributed by atoms with Gasteiger partial charge in [-0.2, -0.15) is 0 Å². The number of nitrogens with zero attached hydrogens (tertiary/aromatic N) is 1. The molecule has 1 heterocycles. The van der Waals surface area contributed by atoms with Crippen LogP contribution in [0.25, 0.3) is 0 Å². The molecule has 0 radical (unpaired) electrons. The molecule has 0 aromatic heterocycles. The summed E-state index contributed by atoms with van der Waals surface area (Å²) < 4.78 is 5.92. The molecule has 1 amide bonds. The first kappa shape index (κ1) is 18.7. The van der Waals surface area contributed by atoms with E-state index in [2.05, 4.69) is 0 Å². The molecule has 5 heteroatoms. The third kappa shape index (κ3) is 4.57. The Balaban J connectivity index is 1.66. The first-order chi connectivity index (χ1) is 12.5. The fourth-order valence-corrected chi connectivity index (χ4v) is 3.44. The van der Waals surface area contributed by atoms with Crippen molar-refractivity contribution in [1.29, 1.82) is 0 Å². The van der Waals surface area contributed by atoms with Crippen LogP contribution in [0.4, 0.5) is 0 Å². The second-order valence-corrected chi connectivity index (χ2v) is 7.34. The number of amides is 1. The molecule has 138 valence electrons. The molecule has 4 nitrogen and oxygen atoms in total. The van der Waals surface area contributed by atoms with E-state index in [1.54, 1.807) is 0 Å². The van der Waals surface area contributed by atoms with Gasteiger partial charge in [-0.05, 0) is 55.5 Å². The van der Waals surface area contributed by atoms with E-state index in [9.17, 15) is 4.79 Å². The van der Waals surface area contributed by atoms with Crippen molar-refractivity contribution in [3.63, 3.8) is 0 Å². The van der Waals surface area contributed by atoms with E-state index in [-0.39, 0.29) is 11.9 Å². The third-order valence-corrected chi connectivity index (χ3v) is 5.25. The minimum absolute atomic E-state index is 0.0276. The Labute approximate surface area is 159 Å². The molecule has 1 unspecified atom stereocenters. The average Bonchev–Trinajstić information content (AvgIpc) is 2.67. The Hall–Kier alpha value is -2.04. The van der Waals surface area contributed by atoms with Crippen molar-refractivity contribution in [2.45, 2.75) is 32.4 Å². The van der Waals surface area contributed by atoms with Crippen molar-refractivity contribution in [3.8, 4) is 5.75 Å². The van der Waals surface area contributed by atoms with Crippen LogP contribution < -0.4 is 10.5 Å². The quantitative estimate of drug-likeness (QED) is 0.858. The molecule has 1 aliphatic rings. The predicted octanol–water partition coefficient (Wildman–Crippen LogP) is 4.12. The van der Waals surface area contributed by atoms with E-state index in [1.807, 2.05) is 60.4 Å². The van der Waals surface area contributed by atoms with Crippen LogP contribution >= 0.6 is 11.6 Å². The summed E-state index contributed by atoms with van der Waals surface area (Å²) in [7, 11) is 0. The molecule has 1 aliphatic heterocycles. The van der Waals surface area contributed by atoms with E-state index in [1.165, 1.54) is 0 Å². The fraction of sp³-hybridized carbons (Fsp3) is 0.381. The monoisotopic (exact) mass is 372 g/mol. The molecule has 2 aromatic rings. The maximum Gasteiger partial charge on any atom is 0.257 e. The first-order valence-corrected chi connectivity index (χ1v) is 9.43. The van der Waals surface area contributed by atoms with E-state index in [0.717, 1.165) is 31.5 Å². The Morgan fingerprint density at radius 3 is 2.50 bits per heavy atom. The van der Waals surface area contributed by atoms with Crippen LogP contribution in [0, 0.1) is 5.92 Å². The van der Waals surface area contributed by atoms with Gasteiger partial charge in [0.25, 0.3) is 5.91 Å². The number of carbonyl (C=O) groups is 1. The molecule has 2 aromatic carbocycles. The van der Waals surface area contributed by atoms with Gasteiger partial charge in [-0.3, -0.25) is 4.79 Å². The summed E-state index contributed by atoms with van der Waals surface area (Å²) in [5.74, 6) is 1.14. The second-order valence-electron chi connectivity index (χ2n) is 6.90. The van der Waals surface area contributed by atoms with Crippen LogP contribution in [0.5, 0.6) is 5.75 Å². The summed E-state index contributed by atoms with van der Waals surface area (Å²) in [6, 6.07) is 15.1. The number of piperidine rings is 1. The molecule has 3 rings (SSSR count). The molecule has 0 saturated carbocycles. The number of rotatable bonds is 5. The molecule has 1 atom stereocenters. The van der Waals surface area contributed by atoms with Crippen molar-refractivity contribution in [2.75, 3.05) is 13.1 Å². The van der Waals surface area contributed by atoms with Crippen molar-refractivity contribution in [1.82, 2.24) is 4.90 Å². The highest BCUT2D eigenvalue weighted by molar-refractivity contribution is 6.30. The standard InChI is InChI=1S/C21H25ClN2O2/c1-15(23)17-10-12-24(13-11-17)21(25)19-4-2-3-5-20(19)26-14-16-6-8-18(22)9-7-16/h2-9,15,17H,10-14,23H2,1H3. The minimum atomic E-state index is 0.0276. The summed E-state index contributed by atoms with van der Waals surface area (Å²) >= 11 is 5.91. The average molecular weight is 373 g/mol. The number of carbonyl (C=O) groups excluding carboxylic acids is 1. The van der Waals surface area contributed by atoms with Gasteiger partial charge in [0.2, 0.25) is 0 Å². The van der Waals surface area contributed by atoms with E-state index in [0.29, 0.717) is 28.9 Å². The van der Waals surface area contributed by atoms with E-state index < -0.39 is 0 Å². The summed E-state index contributed by atoms with van der Waals surface area (Å²) in [6.45, 7) is 3.93. The second kappa shape index (κ2) is 8.56. The van der Waals surface area contributed by atoms with E-state index in [4.69, 9.17) is 22.1 Å². The summed E-state index contributed by atoms with van der Waals surface area (Å²) in [5, 5.41) is 0.694. The number of ether oxygens (including phenoxy) is 1. The van der Waals surface area contributed by atoms with Crippen molar-refractivity contribution in [3.05, 3.63) is 64.7 Å². The molecular weight excluding hydrogens is 348 g/mol. The Bertz CT molecular complexity index is 738. The molecular formula is C21H25ClN2O2. The van der Waals surface area contributed by atoms with Gasteiger partial charge in [-0.1, -0.05) is 35.9 Å².